The van der Waals surface area contributed by atoms with Crippen LogP contribution in [0, 0.1) is 0 Å². The molecule has 0 aliphatic heterocycles. The van der Waals surface area contributed by atoms with Gasteiger partial charge in [-0.3, -0.25) is 4.79 Å². The first-order chi connectivity index (χ1) is 12.7. The maximum absolute atomic E-state index is 12.3. The Balaban J connectivity index is 1.35. The summed E-state index contributed by atoms with van der Waals surface area (Å²) in [6, 6.07) is 12.7. The summed E-state index contributed by atoms with van der Waals surface area (Å²) < 4.78 is 11.6. The van der Waals surface area contributed by atoms with Crippen molar-refractivity contribution in [2.45, 2.75) is 26.0 Å². The van der Waals surface area contributed by atoms with Crippen LogP contribution in [0.2, 0.25) is 0 Å². The van der Waals surface area contributed by atoms with Crippen LogP contribution >= 0.6 is 0 Å². The van der Waals surface area contributed by atoms with Crippen LogP contribution in [0.1, 0.15) is 17.5 Å². The fraction of sp³-hybridized carbons (Fsp3) is 0.263. The molecule has 0 N–H and O–H groups in total. The van der Waals surface area contributed by atoms with E-state index >= 15 is 0 Å². The summed E-state index contributed by atoms with van der Waals surface area (Å²) in [6.07, 6.45) is 3.29. The highest BCUT2D eigenvalue weighted by molar-refractivity contribution is 5.76. The monoisotopic (exact) mass is 351 g/mol. The van der Waals surface area contributed by atoms with Crippen LogP contribution in [0.15, 0.2) is 47.3 Å². The van der Waals surface area contributed by atoms with Crippen molar-refractivity contribution < 1.29 is 14.3 Å². The number of carbonyl (C=O) groups excluding carboxylic acids is 1. The van der Waals surface area contributed by atoms with E-state index in [2.05, 4.69) is 10.3 Å². The topological polar surface area (TPSA) is 83.3 Å². The number of aromatic nitrogens is 3. The van der Waals surface area contributed by atoms with Crippen LogP contribution in [0.25, 0.3) is 10.9 Å². The Bertz CT molecular complexity index is 1030. The molecule has 1 aromatic heterocycles. The van der Waals surface area contributed by atoms with E-state index in [4.69, 9.17) is 9.47 Å². The Morgan fingerprint density at radius 1 is 1.12 bits per heavy atom. The van der Waals surface area contributed by atoms with Crippen molar-refractivity contribution in [2.24, 2.45) is 0 Å². The molecular weight excluding hydrogens is 334 g/mol. The number of hydrogen-bond acceptors (Lipinski definition) is 6. The van der Waals surface area contributed by atoms with Gasteiger partial charge in [0.05, 0.1) is 5.39 Å². The van der Waals surface area contributed by atoms with Gasteiger partial charge in [0.1, 0.15) is 11.3 Å². The van der Waals surface area contributed by atoms with E-state index in [0.29, 0.717) is 16.7 Å². The highest BCUT2D eigenvalue weighted by Gasteiger charge is 2.13. The first kappa shape index (κ1) is 16.3. The first-order valence-electron chi connectivity index (χ1n) is 8.43. The van der Waals surface area contributed by atoms with Crippen molar-refractivity contribution in [3.63, 3.8) is 0 Å². The van der Waals surface area contributed by atoms with E-state index in [1.807, 2.05) is 18.2 Å². The predicted octanol–water partition coefficient (Wildman–Crippen LogP) is 1.86. The van der Waals surface area contributed by atoms with Crippen molar-refractivity contribution in [2.75, 3.05) is 6.61 Å². The van der Waals surface area contributed by atoms with Crippen LogP contribution in [0.3, 0.4) is 0 Å². The molecule has 0 spiro atoms. The number of carbonyl (C=O) groups is 1. The van der Waals surface area contributed by atoms with Crippen LogP contribution in [-0.2, 0) is 29.1 Å². The molecule has 0 saturated heterocycles. The molecule has 7 nitrogen and oxygen atoms in total. The van der Waals surface area contributed by atoms with Crippen molar-refractivity contribution >= 4 is 16.9 Å². The van der Waals surface area contributed by atoms with Gasteiger partial charge in [0, 0.05) is 0 Å². The second kappa shape index (κ2) is 6.95. The standard InChI is InChI=1S/C19H17N3O4/c23-18(11-25-15-9-8-13-4-3-5-14(13)10-15)26-12-22-19(24)16-6-1-2-7-17(16)20-21-22/h1-2,6-10H,3-5,11-12H2. The Labute approximate surface area is 149 Å². The number of benzene rings is 2. The van der Waals surface area contributed by atoms with Crippen molar-refractivity contribution in [3.8, 4) is 5.75 Å². The van der Waals surface area contributed by atoms with Gasteiger partial charge in [0.25, 0.3) is 5.56 Å². The Hall–Kier alpha value is -3.22. The molecule has 4 rings (SSSR count). The van der Waals surface area contributed by atoms with E-state index in [-0.39, 0.29) is 18.9 Å². The zero-order valence-corrected chi connectivity index (χ0v) is 14.1. The van der Waals surface area contributed by atoms with E-state index in [9.17, 15) is 9.59 Å². The molecule has 0 bridgehead atoms. The number of rotatable bonds is 5. The fourth-order valence-corrected chi connectivity index (χ4v) is 3.06. The fourth-order valence-electron chi connectivity index (χ4n) is 3.06. The number of aryl methyl sites for hydroxylation is 2. The second-order valence-corrected chi connectivity index (χ2v) is 6.13. The SMILES string of the molecule is O=C(COc1ccc2c(c1)CCC2)OCn1nnc2ccccc2c1=O. The number of nitrogens with zero attached hydrogens (tertiary/aromatic N) is 3. The van der Waals surface area contributed by atoms with Crippen LogP contribution < -0.4 is 10.3 Å². The summed E-state index contributed by atoms with van der Waals surface area (Å²) in [7, 11) is 0. The van der Waals surface area contributed by atoms with Gasteiger partial charge in [0.15, 0.2) is 13.3 Å². The third-order valence-corrected chi connectivity index (χ3v) is 4.40. The Morgan fingerprint density at radius 2 is 1.96 bits per heavy atom. The zero-order chi connectivity index (χ0) is 17.9. The average Bonchev–Trinajstić information content (AvgIpc) is 3.14. The third-order valence-electron chi connectivity index (χ3n) is 4.40. The minimum Gasteiger partial charge on any atom is -0.482 e. The lowest BCUT2D eigenvalue weighted by Gasteiger charge is -2.09. The molecular formula is C19H17N3O4. The molecule has 0 atom stereocenters. The molecule has 0 fully saturated rings. The molecule has 0 amide bonds. The van der Waals surface area contributed by atoms with Gasteiger partial charge < -0.3 is 9.47 Å². The maximum Gasteiger partial charge on any atom is 0.345 e. The highest BCUT2D eigenvalue weighted by atomic mass is 16.6. The molecule has 26 heavy (non-hydrogen) atoms. The van der Waals surface area contributed by atoms with Gasteiger partial charge in [-0.25, -0.2) is 4.79 Å². The summed E-state index contributed by atoms with van der Waals surface area (Å²) in [5.41, 5.74) is 2.76. The van der Waals surface area contributed by atoms with Crippen LogP contribution in [-0.4, -0.2) is 27.6 Å². The number of esters is 1. The van der Waals surface area contributed by atoms with Gasteiger partial charge >= 0.3 is 5.97 Å². The predicted molar refractivity (Wildman–Crippen MR) is 93.9 cm³/mol. The van der Waals surface area contributed by atoms with Gasteiger partial charge in [0.2, 0.25) is 0 Å². The summed E-state index contributed by atoms with van der Waals surface area (Å²) >= 11 is 0. The summed E-state index contributed by atoms with van der Waals surface area (Å²) in [4.78, 5) is 24.2. The molecule has 0 unspecified atom stereocenters. The molecule has 0 saturated carbocycles. The normalized spacial score (nSPS) is 12.8. The molecule has 1 heterocycles. The minimum absolute atomic E-state index is 0.228. The number of ether oxygens (including phenoxy) is 2. The number of fused-ring (bicyclic) bond motifs is 2. The van der Waals surface area contributed by atoms with Crippen molar-refractivity contribution in [1.29, 1.82) is 0 Å². The summed E-state index contributed by atoms with van der Waals surface area (Å²) in [6.45, 7) is -0.530. The van der Waals surface area contributed by atoms with Gasteiger partial charge in [-0.05, 0) is 54.7 Å². The van der Waals surface area contributed by atoms with E-state index < -0.39 is 5.97 Å². The Kier molecular flexibility index (Phi) is 4.35. The highest BCUT2D eigenvalue weighted by Crippen LogP contribution is 2.25. The maximum atomic E-state index is 12.3. The lowest BCUT2D eigenvalue weighted by atomic mass is 10.1. The molecule has 2 aromatic carbocycles. The molecule has 0 radical (unpaired) electrons. The zero-order valence-electron chi connectivity index (χ0n) is 14.1. The van der Waals surface area contributed by atoms with E-state index in [0.717, 1.165) is 23.9 Å². The van der Waals surface area contributed by atoms with Crippen molar-refractivity contribution in [3.05, 3.63) is 63.9 Å². The van der Waals surface area contributed by atoms with E-state index in [1.54, 1.807) is 24.3 Å². The molecule has 7 heteroatoms. The smallest absolute Gasteiger partial charge is 0.345 e. The van der Waals surface area contributed by atoms with E-state index in [1.165, 1.54) is 11.1 Å². The number of hydrogen-bond donors (Lipinski definition) is 0. The van der Waals surface area contributed by atoms with Crippen LogP contribution in [0.5, 0.6) is 5.75 Å². The second-order valence-electron chi connectivity index (χ2n) is 6.13. The van der Waals surface area contributed by atoms with Crippen LogP contribution in [0.4, 0.5) is 0 Å². The minimum atomic E-state index is -0.577. The summed E-state index contributed by atoms with van der Waals surface area (Å²) in [5.74, 6) is 0.0672. The largest absolute Gasteiger partial charge is 0.482 e. The Morgan fingerprint density at radius 3 is 2.88 bits per heavy atom. The van der Waals surface area contributed by atoms with Gasteiger partial charge in [-0.1, -0.05) is 23.4 Å². The summed E-state index contributed by atoms with van der Waals surface area (Å²) in [5, 5.41) is 8.13. The molecule has 1 aliphatic carbocycles. The molecule has 3 aromatic rings. The van der Waals surface area contributed by atoms with Gasteiger partial charge in [-0.15, -0.1) is 5.10 Å². The quantitative estimate of drug-likeness (QED) is 0.653. The van der Waals surface area contributed by atoms with Gasteiger partial charge in [-0.2, -0.15) is 4.68 Å². The lowest BCUT2D eigenvalue weighted by molar-refractivity contribution is -0.150. The molecule has 132 valence electrons. The molecule has 1 aliphatic rings. The first-order valence-corrected chi connectivity index (χ1v) is 8.43. The van der Waals surface area contributed by atoms with Crippen molar-refractivity contribution in [1.82, 2.24) is 15.0 Å². The lowest BCUT2D eigenvalue weighted by Crippen LogP contribution is -2.27. The third kappa shape index (κ3) is 3.28. The average molecular weight is 351 g/mol.